The number of carboxylic acid groups (broad SMARTS) is 1. The van der Waals surface area contributed by atoms with Crippen molar-refractivity contribution < 1.29 is 27.9 Å². The van der Waals surface area contributed by atoms with Crippen molar-refractivity contribution in [3.05, 3.63) is 0 Å². The summed E-state index contributed by atoms with van der Waals surface area (Å²) in [6.45, 7) is 1.18. The molecule has 0 aromatic carbocycles. The van der Waals surface area contributed by atoms with Crippen molar-refractivity contribution in [1.82, 2.24) is 15.1 Å². The van der Waals surface area contributed by atoms with E-state index in [1.807, 2.05) is 0 Å². The van der Waals surface area contributed by atoms with E-state index in [4.69, 9.17) is 5.11 Å². The van der Waals surface area contributed by atoms with Gasteiger partial charge in [-0.05, 0) is 6.42 Å². The summed E-state index contributed by atoms with van der Waals surface area (Å²) in [5.41, 5.74) is 0. The standard InChI is InChI=1S/C11H18F3N3O3/c1-2-8(9(18)19)15-10(20)17-5-3-16(4-6-17)7-11(12,13)14/h8H,2-7H2,1H3,(H,15,20)(H,18,19)/t8-/m0/s1. The number of alkyl halides is 3. The van der Waals surface area contributed by atoms with Crippen molar-refractivity contribution in [2.45, 2.75) is 25.6 Å². The third-order valence-electron chi connectivity index (χ3n) is 3.07. The molecule has 20 heavy (non-hydrogen) atoms. The number of piperazine rings is 1. The van der Waals surface area contributed by atoms with Crippen LogP contribution in [0.25, 0.3) is 0 Å². The van der Waals surface area contributed by atoms with Gasteiger partial charge in [0, 0.05) is 26.2 Å². The molecule has 0 spiro atoms. The van der Waals surface area contributed by atoms with E-state index in [1.165, 1.54) is 9.80 Å². The molecule has 0 unspecified atom stereocenters. The summed E-state index contributed by atoms with van der Waals surface area (Å²) in [6.07, 6.45) is -4.00. The van der Waals surface area contributed by atoms with E-state index in [0.29, 0.717) is 0 Å². The summed E-state index contributed by atoms with van der Waals surface area (Å²) in [4.78, 5) is 25.1. The van der Waals surface area contributed by atoms with Crippen molar-refractivity contribution in [2.75, 3.05) is 32.7 Å². The monoisotopic (exact) mass is 297 g/mol. The molecule has 6 nitrogen and oxygen atoms in total. The molecule has 0 aromatic rings. The molecular formula is C11H18F3N3O3. The highest BCUT2D eigenvalue weighted by atomic mass is 19.4. The first kappa shape index (κ1) is 16.5. The quantitative estimate of drug-likeness (QED) is 0.803. The Morgan fingerprint density at radius 2 is 1.80 bits per heavy atom. The highest BCUT2D eigenvalue weighted by Crippen LogP contribution is 2.17. The SMILES string of the molecule is CC[C@H](NC(=O)N1CCN(CC(F)(F)F)CC1)C(=O)O. The number of nitrogens with one attached hydrogen (secondary N) is 1. The van der Waals surface area contributed by atoms with Gasteiger partial charge in [-0.3, -0.25) is 4.90 Å². The van der Waals surface area contributed by atoms with Gasteiger partial charge in [0.2, 0.25) is 0 Å². The number of hydrogen-bond acceptors (Lipinski definition) is 3. The normalized spacial score (nSPS) is 18.7. The Morgan fingerprint density at radius 1 is 1.25 bits per heavy atom. The van der Waals surface area contributed by atoms with Crippen molar-refractivity contribution in [1.29, 1.82) is 0 Å². The fraction of sp³-hybridized carbons (Fsp3) is 0.818. The Balaban J connectivity index is 2.41. The highest BCUT2D eigenvalue weighted by Gasteiger charge is 2.33. The Hall–Kier alpha value is -1.51. The molecule has 1 aliphatic rings. The van der Waals surface area contributed by atoms with Crippen LogP contribution in [0.4, 0.5) is 18.0 Å². The summed E-state index contributed by atoms with van der Waals surface area (Å²) < 4.78 is 36.6. The van der Waals surface area contributed by atoms with Crippen LogP contribution in [0.2, 0.25) is 0 Å². The van der Waals surface area contributed by atoms with Crippen LogP contribution >= 0.6 is 0 Å². The van der Waals surface area contributed by atoms with Gasteiger partial charge in [-0.15, -0.1) is 0 Å². The zero-order valence-corrected chi connectivity index (χ0v) is 11.1. The molecule has 1 saturated heterocycles. The Morgan fingerprint density at radius 3 is 2.20 bits per heavy atom. The van der Waals surface area contributed by atoms with Gasteiger partial charge in [-0.1, -0.05) is 6.92 Å². The van der Waals surface area contributed by atoms with Crippen molar-refractivity contribution in [3.63, 3.8) is 0 Å². The van der Waals surface area contributed by atoms with E-state index in [-0.39, 0.29) is 32.6 Å². The van der Waals surface area contributed by atoms with Crippen LogP contribution in [0.1, 0.15) is 13.3 Å². The van der Waals surface area contributed by atoms with Crippen molar-refractivity contribution >= 4 is 12.0 Å². The second kappa shape index (κ2) is 6.78. The number of rotatable bonds is 4. The lowest BCUT2D eigenvalue weighted by atomic mass is 10.2. The molecule has 0 aliphatic carbocycles. The third-order valence-corrected chi connectivity index (χ3v) is 3.07. The number of carboxylic acids is 1. The lowest BCUT2D eigenvalue weighted by Crippen LogP contribution is -2.55. The largest absolute Gasteiger partial charge is 0.480 e. The minimum atomic E-state index is -4.25. The first-order valence-corrected chi connectivity index (χ1v) is 6.30. The van der Waals surface area contributed by atoms with Gasteiger partial charge >= 0.3 is 18.2 Å². The number of urea groups is 1. The molecule has 1 fully saturated rings. The van der Waals surface area contributed by atoms with Crippen molar-refractivity contribution in [2.24, 2.45) is 0 Å². The molecule has 1 atom stereocenters. The van der Waals surface area contributed by atoms with E-state index in [0.717, 1.165) is 0 Å². The topological polar surface area (TPSA) is 72.9 Å². The molecule has 1 aliphatic heterocycles. The predicted octanol–water partition coefficient (Wildman–Crippen LogP) is 0.739. The van der Waals surface area contributed by atoms with Gasteiger partial charge in [0.15, 0.2) is 0 Å². The third kappa shape index (κ3) is 5.24. The first-order chi connectivity index (χ1) is 9.23. The zero-order valence-electron chi connectivity index (χ0n) is 11.1. The van der Waals surface area contributed by atoms with E-state index >= 15 is 0 Å². The maximum atomic E-state index is 12.2. The Bertz CT molecular complexity index is 355. The molecule has 0 bridgehead atoms. The Kier molecular flexibility index (Phi) is 5.61. The molecule has 0 saturated carbocycles. The van der Waals surface area contributed by atoms with E-state index < -0.39 is 30.8 Å². The minimum Gasteiger partial charge on any atom is -0.480 e. The lowest BCUT2D eigenvalue weighted by molar-refractivity contribution is -0.148. The maximum absolute atomic E-state index is 12.2. The number of amides is 2. The van der Waals surface area contributed by atoms with E-state index in [9.17, 15) is 22.8 Å². The fourth-order valence-corrected chi connectivity index (χ4v) is 1.94. The average Bonchev–Trinajstić information content (AvgIpc) is 2.34. The van der Waals surface area contributed by atoms with Gasteiger partial charge in [-0.2, -0.15) is 13.2 Å². The molecule has 0 radical (unpaired) electrons. The summed E-state index contributed by atoms with van der Waals surface area (Å²) in [5.74, 6) is -1.13. The first-order valence-electron chi connectivity index (χ1n) is 6.30. The molecule has 9 heteroatoms. The molecule has 2 N–H and O–H groups in total. The van der Waals surface area contributed by atoms with Crippen LogP contribution < -0.4 is 5.32 Å². The van der Waals surface area contributed by atoms with E-state index in [2.05, 4.69) is 5.32 Å². The minimum absolute atomic E-state index is 0.122. The van der Waals surface area contributed by atoms with Crippen LogP contribution in [-0.4, -0.2) is 71.8 Å². The predicted molar refractivity (Wildman–Crippen MR) is 64.3 cm³/mol. The molecular weight excluding hydrogens is 279 g/mol. The lowest BCUT2D eigenvalue weighted by Gasteiger charge is -2.35. The van der Waals surface area contributed by atoms with Crippen LogP contribution in [0, 0.1) is 0 Å². The van der Waals surface area contributed by atoms with Gasteiger partial charge < -0.3 is 15.3 Å². The number of hydrogen-bond donors (Lipinski definition) is 2. The summed E-state index contributed by atoms with van der Waals surface area (Å²) in [7, 11) is 0. The maximum Gasteiger partial charge on any atom is 0.401 e. The summed E-state index contributed by atoms with van der Waals surface area (Å²) in [6, 6.07) is -1.53. The van der Waals surface area contributed by atoms with Crippen LogP contribution in [0.5, 0.6) is 0 Å². The van der Waals surface area contributed by atoms with Crippen LogP contribution in [-0.2, 0) is 4.79 Å². The average molecular weight is 297 g/mol. The molecule has 0 aromatic heterocycles. The molecule has 1 heterocycles. The van der Waals surface area contributed by atoms with Gasteiger partial charge in [0.05, 0.1) is 6.54 Å². The second-order valence-electron chi connectivity index (χ2n) is 4.63. The highest BCUT2D eigenvalue weighted by molar-refractivity contribution is 5.82. The van der Waals surface area contributed by atoms with Crippen LogP contribution in [0.15, 0.2) is 0 Å². The number of aliphatic carboxylic acids is 1. The number of carbonyl (C=O) groups is 2. The van der Waals surface area contributed by atoms with Gasteiger partial charge in [0.1, 0.15) is 6.04 Å². The summed E-state index contributed by atoms with van der Waals surface area (Å²) >= 11 is 0. The smallest absolute Gasteiger partial charge is 0.401 e. The van der Waals surface area contributed by atoms with Gasteiger partial charge in [-0.25, -0.2) is 9.59 Å². The molecule has 1 rings (SSSR count). The second-order valence-corrected chi connectivity index (χ2v) is 4.63. The Labute approximate surface area is 114 Å². The van der Waals surface area contributed by atoms with Crippen molar-refractivity contribution in [3.8, 4) is 0 Å². The molecule has 2 amide bonds. The van der Waals surface area contributed by atoms with Crippen LogP contribution in [0.3, 0.4) is 0 Å². The zero-order chi connectivity index (χ0) is 15.3. The summed E-state index contributed by atoms with van der Waals surface area (Å²) in [5, 5.41) is 11.2. The van der Waals surface area contributed by atoms with Gasteiger partial charge in [0.25, 0.3) is 0 Å². The fourth-order valence-electron chi connectivity index (χ4n) is 1.94. The number of halogens is 3. The number of nitrogens with zero attached hydrogens (tertiary/aromatic N) is 2. The van der Waals surface area contributed by atoms with E-state index in [1.54, 1.807) is 6.92 Å². The molecule has 116 valence electrons. The number of carbonyl (C=O) groups excluding carboxylic acids is 1.